The number of halogens is 1. The van der Waals surface area contributed by atoms with Crippen LogP contribution in [0.4, 0.5) is 10.1 Å². The van der Waals surface area contributed by atoms with E-state index < -0.39 is 28.4 Å². The first-order valence-electron chi connectivity index (χ1n) is 10.2. The van der Waals surface area contributed by atoms with Crippen molar-refractivity contribution >= 4 is 27.6 Å². The van der Waals surface area contributed by atoms with Crippen molar-refractivity contribution in [2.75, 3.05) is 17.9 Å². The summed E-state index contributed by atoms with van der Waals surface area (Å²) >= 11 is 0. The third-order valence-electron chi connectivity index (χ3n) is 5.12. The summed E-state index contributed by atoms with van der Waals surface area (Å²) in [5.41, 5.74) is 0.186. The zero-order valence-corrected chi connectivity index (χ0v) is 17.8. The van der Waals surface area contributed by atoms with Gasteiger partial charge in [0.2, 0.25) is 0 Å². The molecule has 0 aliphatic heterocycles. The molecule has 1 amide bonds. The van der Waals surface area contributed by atoms with E-state index in [2.05, 4.69) is 10.0 Å². The quantitative estimate of drug-likeness (QED) is 0.602. The van der Waals surface area contributed by atoms with Gasteiger partial charge >= 0.3 is 5.97 Å². The van der Waals surface area contributed by atoms with Gasteiger partial charge in [-0.2, -0.15) is 0 Å². The minimum absolute atomic E-state index is 0.00191. The minimum atomic E-state index is -3.99. The van der Waals surface area contributed by atoms with E-state index in [0.717, 1.165) is 31.0 Å². The maximum Gasteiger partial charge on any atom is 0.338 e. The highest BCUT2D eigenvalue weighted by atomic mass is 32.2. The van der Waals surface area contributed by atoms with E-state index in [1.807, 2.05) is 0 Å². The van der Waals surface area contributed by atoms with Crippen LogP contribution in [0.2, 0.25) is 0 Å². The molecule has 2 aromatic carbocycles. The van der Waals surface area contributed by atoms with Crippen molar-refractivity contribution in [3.8, 4) is 0 Å². The summed E-state index contributed by atoms with van der Waals surface area (Å²) in [6, 6.07) is 10.1. The van der Waals surface area contributed by atoms with Crippen LogP contribution in [0, 0.1) is 11.7 Å². The van der Waals surface area contributed by atoms with E-state index in [0.29, 0.717) is 12.5 Å². The van der Waals surface area contributed by atoms with Crippen molar-refractivity contribution < 1.29 is 27.1 Å². The second kappa shape index (κ2) is 10.4. The molecule has 9 heteroatoms. The molecule has 0 bridgehead atoms. The number of hydrogen-bond donors (Lipinski definition) is 2. The summed E-state index contributed by atoms with van der Waals surface area (Å²) in [7, 11) is -3.99. The molecule has 0 atom stereocenters. The first kappa shape index (κ1) is 22.7. The summed E-state index contributed by atoms with van der Waals surface area (Å²) in [6.07, 6.45) is 5.76. The zero-order valence-electron chi connectivity index (χ0n) is 17.0. The van der Waals surface area contributed by atoms with Crippen LogP contribution < -0.4 is 10.0 Å². The van der Waals surface area contributed by atoms with Gasteiger partial charge in [-0.3, -0.25) is 9.52 Å². The molecule has 1 fully saturated rings. The maximum atomic E-state index is 13.0. The number of amides is 1. The Labute approximate surface area is 181 Å². The predicted molar refractivity (Wildman–Crippen MR) is 114 cm³/mol. The number of nitrogens with one attached hydrogen (secondary N) is 2. The summed E-state index contributed by atoms with van der Waals surface area (Å²) in [5.74, 6) is -1.22. The van der Waals surface area contributed by atoms with E-state index in [1.54, 1.807) is 0 Å². The number of carbonyl (C=O) groups is 2. The highest BCUT2D eigenvalue weighted by Gasteiger charge is 2.19. The number of hydrogen-bond acceptors (Lipinski definition) is 5. The summed E-state index contributed by atoms with van der Waals surface area (Å²) in [4.78, 5) is 24.1. The lowest BCUT2D eigenvalue weighted by atomic mass is 9.89. The molecule has 0 unspecified atom stereocenters. The molecular weight excluding hydrogens is 423 g/mol. The Morgan fingerprint density at radius 2 is 1.74 bits per heavy atom. The van der Waals surface area contributed by atoms with E-state index >= 15 is 0 Å². The topological polar surface area (TPSA) is 102 Å². The zero-order chi connectivity index (χ0) is 22.3. The first-order chi connectivity index (χ1) is 14.8. The van der Waals surface area contributed by atoms with Gasteiger partial charge in [0.05, 0.1) is 10.5 Å². The second-order valence-electron chi connectivity index (χ2n) is 7.52. The van der Waals surface area contributed by atoms with Crippen LogP contribution in [-0.2, 0) is 19.6 Å². The molecule has 1 aliphatic carbocycles. The normalized spacial score (nSPS) is 14.6. The predicted octanol–water partition coefficient (Wildman–Crippen LogP) is 3.48. The van der Waals surface area contributed by atoms with Gasteiger partial charge in [-0.05, 0) is 61.2 Å². The number of carbonyl (C=O) groups excluding carboxylic acids is 2. The van der Waals surface area contributed by atoms with Gasteiger partial charge in [-0.25, -0.2) is 17.6 Å². The third kappa shape index (κ3) is 6.78. The third-order valence-corrected chi connectivity index (χ3v) is 6.50. The second-order valence-corrected chi connectivity index (χ2v) is 9.21. The van der Waals surface area contributed by atoms with Gasteiger partial charge < -0.3 is 10.1 Å². The highest BCUT2D eigenvalue weighted by Crippen LogP contribution is 2.22. The minimum Gasteiger partial charge on any atom is -0.452 e. The standard InChI is InChI=1S/C22H25FN2O5S/c23-18-9-11-19(12-10-18)25-31(28,29)20-8-4-7-17(13-20)22(27)30-15-21(26)24-14-16-5-2-1-3-6-16/h4,7-13,16,25H,1-3,5-6,14-15H2,(H,24,26). The molecule has 0 heterocycles. The SMILES string of the molecule is O=C(COC(=O)c1cccc(S(=O)(=O)Nc2ccc(F)cc2)c1)NCC1CCCCC1. The summed E-state index contributed by atoms with van der Waals surface area (Å²) < 4.78 is 45.4. The molecule has 2 aromatic rings. The molecule has 0 spiro atoms. The van der Waals surface area contributed by atoms with Crippen molar-refractivity contribution in [2.24, 2.45) is 5.92 Å². The van der Waals surface area contributed by atoms with Crippen molar-refractivity contribution in [1.29, 1.82) is 0 Å². The number of rotatable bonds is 8. The van der Waals surface area contributed by atoms with Gasteiger partial charge in [0.15, 0.2) is 6.61 Å². The van der Waals surface area contributed by atoms with Crippen molar-refractivity contribution in [2.45, 2.75) is 37.0 Å². The van der Waals surface area contributed by atoms with Crippen LogP contribution >= 0.6 is 0 Å². The highest BCUT2D eigenvalue weighted by molar-refractivity contribution is 7.92. The van der Waals surface area contributed by atoms with Crippen molar-refractivity contribution in [1.82, 2.24) is 5.32 Å². The molecule has 166 valence electrons. The number of benzene rings is 2. The van der Waals surface area contributed by atoms with Gasteiger partial charge in [0.25, 0.3) is 15.9 Å². The molecule has 1 saturated carbocycles. The van der Waals surface area contributed by atoms with Gasteiger partial charge in [0.1, 0.15) is 5.82 Å². The average Bonchev–Trinajstić information content (AvgIpc) is 2.78. The van der Waals surface area contributed by atoms with Gasteiger partial charge in [-0.15, -0.1) is 0 Å². The van der Waals surface area contributed by atoms with E-state index in [4.69, 9.17) is 4.74 Å². The molecular formula is C22H25FN2O5S. The molecule has 31 heavy (non-hydrogen) atoms. The molecule has 0 saturated heterocycles. The van der Waals surface area contributed by atoms with Crippen LogP contribution in [0.15, 0.2) is 53.4 Å². The average molecular weight is 449 g/mol. The molecule has 0 radical (unpaired) electrons. The van der Waals surface area contributed by atoms with E-state index in [1.165, 1.54) is 49.6 Å². The first-order valence-corrected chi connectivity index (χ1v) is 11.6. The molecule has 2 N–H and O–H groups in total. The lowest BCUT2D eigenvalue weighted by Crippen LogP contribution is -2.33. The van der Waals surface area contributed by atoms with Crippen LogP contribution in [0.3, 0.4) is 0 Å². The molecule has 7 nitrogen and oxygen atoms in total. The molecule has 1 aliphatic rings. The Morgan fingerprint density at radius 3 is 2.45 bits per heavy atom. The lowest BCUT2D eigenvalue weighted by Gasteiger charge is -2.21. The van der Waals surface area contributed by atoms with Crippen LogP contribution in [0.5, 0.6) is 0 Å². The Hall–Kier alpha value is -2.94. The number of ether oxygens (including phenoxy) is 1. The fourth-order valence-corrected chi connectivity index (χ4v) is 4.54. The number of sulfonamides is 1. The maximum absolute atomic E-state index is 13.0. The smallest absolute Gasteiger partial charge is 0.338 e. The summed E-state index contributed by atoms with van der Waals surface area (Å²) in [5, 5.41) is 2.78. The Balaban J connectivity index is 1.55. The fraction of sp³-hybridized carbons (Fsp3) is 0.364. The van der Waals surface area contributed by atoms with Crippen LogP contribution in [0.1, 0.15) is 42.5 Å². The monoisotopic (exact) mass is 448 g/mol. The van der Waals surface area contributed by atoms with Gasteiger partial charge in [0, 0.05) is 12.2 Å². The fourth-order valence-electron chi connectivity index (χ4n) is 3.44. The Kier molecular flexibility index (Phi) is 7.62. The Bertz CT molecular complexity index is 1020. The molecule has 3 rings (SSSR count). The van der Waals surface area contributed by atoms with E-state index in [-0.39, 0.29) is 22.1 Å². The summed E-state index contributed by atoms with van der Waals surface area (Å²) in [6.45, 7) is 0.134. The largest absolute Gasteiger partial charge is 0.452 e. The van der Waals surface area contributed by atoms with Crippen LogP contribution in [0.25, 0.3) is 0 Å². The van der Waals surface area contributed by atoms with Gasteiger partial charge in [-0.1, -0.05) is 25.3 Å². The number of anilines is 1. The van der Waals surface area contributed by atoms with Crippen molar-refractivity contribution in [3.63, 3.8) is 0 Å². The van der Waals surface area contributed by atoms with Crippen LogP contribution in [-0.4, -0.2) is 33.4 Å². The van der Waals surface area contributed by atoms with Crippen molar-refractivity contribution in [3.05, 3.63) is 59.9 Å². The van der Waals surface area contributed by atoms with E-state index in [9.17, 15) is 22.4 Å². The Morgan fingerprint density at radius 1 is 1.03 bits per heavy atom. The molecule has 0 aromatic heterocycles. The number of esters is 1. The lowest BCUT2D eigenvalue weighted by molar-refractivity contribution is -0.124.